The third-order valence-corrected chi connectivity index (χ3v) is 9.77. The van der Waals surface area contributed by atoms with E-state index in [1.54, 1.807) is 6.20 Å². The molecule has 1 aliphatic rings. The third-order valence-electron chi connectivity index (χ3n) is 9.77. The van der Waals surface area contributed by atoms with E-state index in [4.69, 9.17) is 5.73 Å². The predicted molar refractivity (Wildman–Crippen MR) is 193 cm³/mol. The van der Waals surface area contributed by atoms with Gasteiger partial charge in [0, 0.05) is 11.6 Å². The molecule has 1 nitrogen and oxygen atoms in total. The zero-order valence-electron chi connectivity index (χ0n) is 25.7. The monoisotopic (exact) mass is 577 g/mol. The van der Waals surface area contributed by atoms with Crippen molar-refractivity contribution in [3.63, 3.8) is 0 Å². The molecule has 0 aromatic heterocycles. The molecule has 216 valence electrons. The first-order valence-electron chi connectivity index (χ1n) is 15.8. The van der Waals surface area contributed by atoms with Crippen LogP contribution in [0.15, 0.2) is 152 Å². The Morgan fingerprint density at radius 1 is 0.578 bits per heavy atom. The van der Waals surface area contributed by atoms with Crippen LogP contribution in [0.1, 0.15) is 36.1 Å². The Bertz CT molecular complexity index is 2260. The second kappa shape index (κ2) is 10.6. The van der Waals surface area contributed by atoms with Crippen LogP contribution in [0.5, 0.6) is 0 Å². The molecule has 0 fully saturated rings. The van der Waals surface area contributed by atoms with Gasteiger partial charge >= 0.3 is 0 Å². The number of rotatable bonds is 5. The second-order valence-electron chi connectivity index (χ2n) is 12.6. The lowest BCUT2D eigenvalue weighted by molar-refractivity contribution is 0.660. The Kier molecular flexibility index (Phi) is 6.43. The normalized spacial score (nSPS) is 14.0. The van der Waals surface area contributed by atoms with E-state index in [1.165, 1.54) is 76.8 Å². The molecule has 0 saturated heterocycles. The molecule has 2 N–H and O–H groups in total. The minimum Gasteiger partial charge on any atom is -0.404 e. The molecule has 0 aliphatic heterocycles. The van der Waals surface area contributed by atoms with Gasteiger partial charge in [0.15, 0.2) is 0 Å². The van der Waals surface area contributed by atoms with Crippen LogP contribution in [0.25, 0.3) is 60.1 Å². The van der Waals surface area contributed by atoms with E-state index in [9.17, 15) is 0 Å². The molecular weight excluding hydrogens is 542 g/mol. The van der Waals surface area contributed by atoms with Crippen molar-refractivity contribution in [2.45, 2.75) is 25.7 Å². The first kappa shape index (κ1) is 27.2. The van der Waals surface area contributed by atoms with E-state index in [-0.39, 0.29) is 5.41 Å². The highest BCUT2D eigenvalue weighted by molar-refractivity contribution is 6.19. The van der Waals surface area contributed by atoms with Gasteiger partial charge in [0.1, 0.15) is 0 Å². The first-order valence-corrected chi connectivity index (χ1v) is 15.8. The summed E-state index contributed by atoms with van der Waals surface area (Å²) in [5.41, 5.74) is 18.0. The SMILES string of the molecule is CC1(C)c2ccccc2-c2c1cc(C/C=C\C(=C/N)c1c3ccccc3c(-c3ccccc3)c3ccccc13)c1ccccc21. The van der Waals surface area contributed by atoms with Crippen LogP contribution in [-0.4, -0.2) is 0 Å². The molecule has 0 radical (unpaired) electrons. The molecule has 0 atom stereocenters. The van der Waals surface area contributed by atoms with Gasteiger partial charge in [-0.1, -0.05) is 159 Å². The number of fused-ring (bicyclic) bond motifs is 7. The fraction of sp³-hybridized carbons (Fsp3) is 0.0909. The minimum atomic E-state index is -0.0466. The molecule has 8 rings (SSSR count). The van der Waals surface area contributed by atoms with Crippen molar-refractivity contribution < 1.29 is 0 Å². The summed E-state index contributed by atoms with van der Waals surface area (Å²) >= 11 is 0. The number of nitrogens with two attached hydrogens (primary N) is 1. The molecule has 1 heteroatoms. The molecule has 0 spiro atoms. The fourth-order valence-electron chi connectivity index (χ4n) is 7.68. The summed E-state index contributed by atoms with van der Waals surface area (Å²) in [5.74, 6) is 0. The number of allylic oxidation sites excluding steroid dienone is 3. The highest BCUT2D eigenvalue weighted by atomic mass is 14.5. The molecular formula is C44H35N. The Morgan fingerprint density at radius 3 is 1.76 bits per heavy atom. The highest BCUT2D eigenvalue weighted by Gasteiger charge is 2.36. The number of benzene rings is 7. The van der Waals surface area contributed by atoms with Gasteiger partial charge in [0.05, 0.1) is 0 Å². The molecule has 1 aliphatic carbocycles. The Morgan fingerprint density at radius 2 is 1.11 bits per heavy atom. The van der Waals surface area contributed by atoms with Gasteiger partial charge < -0.3 is 5.73 Å². The van der Waals surface area contributed by atoms with Gasteiger partial charge in [-0.15, -0.1) is 0 Å². The lowest BCUT2D eigenvalue weighted by Crippen LogP contribution is -2.15. The fourth-order valence-corrected chi connectivity index (χ4v) is 7.68. The van der Waals surface area contributed by atoms with Gasteiger partial charge in [-0.05, 0) is 88.8 Å². The summed E-state index contributed by atoms with van der Waals surface area (Å²) in [7, 11) is 0. The Labute approximate surface area is 265 Å². The van der Waals surface area contributed by atoms with Gasteiger partial charge in [0.25, 0.3) is 0 Å². The van der Waals surface area contributed by atoms with Crippen LogP contribution in [0.2, 0.25) is 0 Å². The van der Waals surface area contributed by atoms with Gasteiger partial charge in [-0.3, -0.25) is 0 Å². The van der Waals surface area contributed by atoms with Crippen molar-refractivity contribution in [1.29, 1.82) is 0 Å². The average Bonchev–Trinajstić information content (AvgIpc) is 3.32. The van der Waals surface area contributed by atoms with Crippen LogP contribution in [0.4, 0.5) is 0 Å². The quantitative estimate of drug-likeness (QED) is 0.160. The topological polar surface area (TPSA) is 26.0 Å². The van der Waals surface area contributed by atoms with Crippen LogP contribution in [0, 0.1) is 0 Å². The van der Waals surface area contributed by atoms with Crippen LogP contribution in [0.3, 0.4) is 0 Å². The molecule has 0 saturated carbocycles. The highest BCUT2D eigenvalue weighted by Crippen LogP contribution is 2.52. The Hall–Kier alpha value is -5.40. The van der Waals surface area contributed by atoms with Crippen molar-refractivity contribution in [3.8, 4) is 22.3 Å². The summed E-state index contributed by atoms with van der Waals surface area (Å²) in [6.45, 7) is 4.72. The average molecular weight is 578 g/mol. The number of hydrogen-bond acceptors (Lipinski definition) is 1. The Balaban J connectivity index is 1.25. The van der Waals surface area contributed by atoms with Crippen molar-refractivity contribution >= 4 is 37.9 Å². The van der Waals surface area contributed by atoms with E-state index in [2.05, 4.69) is 159 Å². The van der Waals surface area contributed by atoms with E-state index >= 15 is 0 Å². The van der Waals surface area contributed by atoms with Crippen LogP contribution >= 0.6 is 0 Å². The molecule has 0 bridgehead atoms. The predicted octanol–water partition coefficient (Wildman–Crippen LogP) is 11.2. The second-order valence-corrected chi connectivity index (χ2v) is 12.6. The summed E-state index contributed by atoms with van der Waals surface area (Å²) in [5, 5.41) is 7.53. The molecule has 7 aromatic carbocycles. The molecule has 7 aromatic rings. The lowest BCUT2D eigenvalue weighted by atomic mass is 9.81. The summed E-state index contributed by atoms with van der Waals surface area (Å²) in [6.07, 6.45) is 7.10. The van der Waals surface area contributed by atoms with Crippen molar-refractivity contribution in [2.75, 3.05) is 0 Å². The first-order chi connectivity index (χ1) is 22.1. The largest absolute Gasteiger partial charge is 0.404 e. The van der Waals surface area contributed by atoms with E-state index < -0.39 is 0 Å². The maximum atomic E-state index is 6.45. The zero-order chi connectivity index (χ0) is 30.5. The summed E-state index contributed by atoms with van der Waals surface area (Å²) in [6, 6.07) is 48.4. The van der Waals surface area contributed by atoms with Crippen LogP contribution < -0.4 is 5.73 Å². The molecule has 0 amide bonds. The summed E-state index contributed by atoms with van der Waals surface area (Å²) in [4.78, 5) is 0. The standard InChI is InChI=1S/C44H35N/c1-44(2)39-26-13-12-25-38(39)43-33-20-7-6-19-32(33)30(27-40(43)44)17-14-18-31(28-45)42-36-23-10-8-21-34(36)41(29-15-4-3-5-16-29)35-22-9-11-24-37(35)42/h3-16,18-28H,17,45H2,1-2H3/b18-14-,31-28+. The van der Waals surface area contributed by atoms with Gasteiger partial charge in [-0.2, -0.15) is 0 Å². The van der Waals surface area contributed by atoms with E-state index in [1.807, 2.05) is 0 Å². The molecule has 0 heterocycles. The molecule has 0 unspecified atom stereocenters. The van der Waals surface area contributed by atoms with Crippen molar-refractivity contribution in [1.82, 2.24) is 0 Å². The van der Waals surface area contributed by atoms with E-state index in [0.717, 1.165) is 12.0 Å². The van der Waals surface area contributed by atoms with Gasteiger partial charge in [-0.25, -0.2) is 0 Å². The summed E-state index contributed by atoms with van der Waals surface area (Å²) < 4.78 is 0. The van der Waals surface area contributed by atoms with Gasteiger partial charge in [0.2, 0.25) is 0 Å². The smallest absolute Gasteiger partial charge is 0.0159 e. The maximum Gasteiger partial charge on any atom is 0.0159 e. The lowest BCUT2D eigenvalue weighted by Gasteiger charge is -2.22. The van der Waals surface area contributed by atoms with Crippen LogP contribution in [-0.2, 0) is 11.8 Å². The zero-order valence-corrected chi connectivity index (χ0v) is 25.7. The molecule has 45 heavy (non-hydrogen) atoms. The third kappa shape index (κ3) is 4.23. The van der Waals surface area contributed by atoms with Crippen molar-refractivity contribution in [3.05, 3.63) is 174 Å². The van der Waals surface area contributed by atoms with Crippen molar-refractivity contribution in [2.24, 2.45) is 5.73 Å². The van der Waals surface area contributed by atoms with E-state index in [0.29, 0.717) is 0 Å². The number of hydrogen-bond donors (Lipinski definition) is 1. The maximum absolute atomic E-state index is 6.45. The minimum absolute atomic E-state index is 0.0466.